The fraction of sp³-hybridized carbons (Fsp3) is 0.0645. The first-order chi connectivity index (χ1) is 30.9. The van der Waals surface area contributed by atoms with Crippen molar-refractivity contribution in [2.45, 2.75) is 25.2 Å². The van der Waals surface area contributed by atoms with Gasteiger partial charge in [0.1, 0.15) is 11.2 Å². The van der Waals surface area contributed by atoms with Crippen molar-refractivity contribution in [3.8, 4) is 55.6 Å². The third-order valence-electron chi connectivity index (χ3n) is 13.6. The molecule has 11 aromatic rings. The fourth-order valence-corrected chi connectivity index (χ4v) is 10.2. The molecule has 0 saturated carbocycles. The molecule has 1 aliphatic carbocycles. The number of hydrogen-bond donors (Lipinski definition) is 0. The Morgan fingerprint density at radius 2 is 0.778 bits per heavy atom. The van der Waals surface area contributed by atoms with E-state index in [2.05, 4.69) is 226 Å². The van der Waals surface area contributed by atoms with E-state index in [1.165, 1.54) is 94.2 Å². The highest BCUT2D eigenvalue weighted by Crippen LogP contribution is 2.51. The van der Waals surface area contributed by atoms with Crippen LogP contribution in [0.1, 0.15) is 47.6 Å². The van der Waals surface area contributed by atoms with E-state index in [0.717, 1.165) is 21.9 Å². The van der Waals surface area contributed by atoms with E-state index >= 15 is 0 Å². The molecule has 12 rings (SSSR count). The summed E-state index contributed by atoms with van der Waals surface area (Å²) in [5, 5.41) is 4.83. The predicted octanol–water partition coefficient (Wildman–Crippen LogP) is 16.9. The third-order valence-corrected chi connectivity index (χ3v) is 13.6. The zero-order chi connectivity index (χ0) is 42.1. The molecule has 1 heteroatoms. The van der Waals surface area contributed by atoms with Crippen LogP contribution >= 0.6 is 0 Å². The summed E-state index contributed by atoms with van der Waals surface area (Å²) in [4.78, 5) is 0. The number of fused-ring (bicyclic) bond motifs is 7. The summed E-state index contributed by atoms with van der Waals surface area (Å²) in [5.74, 6) is 0.0341. The van der Waals surface area contributed by atoms with Gasteiger partial charge in [0.05, 0.1) is 0 Å². The van der Waals surface area contributed by atoms with Crippen molar-refractivity contribution in [3.63, 3.8) is 0 Å². The van der Waals surface area contributed by atoms with E-state index in [0.29, 0.717) is 0 Å². The molecule has 1 unspecified atom stereocenters. The topological polar surface area (TPSA) is 13.1 Å². The van der Waals surface area contributed by atoms with Gasteiger partial charge < -0.3 is 4.42 Å². The molecular formula is C62H44O. The fourth-order valence-electron chi connectivity index (χ4n) is 10.2. The van der Waals surface area contributed by atoms with Gasteiger partial charge in [0, 0.05) is 22.1 Å². The minimum atomic E-state index is -0.173. The van der Waals surface area contributed by atoms with E-state index in [1.54, 1.807) is 0 Å². The standard InChI is InChI=1S/C62H44O/c1-62(2)57-38-51(49-29-24-41-12-6-7-13-48(41)36-49)30-33-53(57)54-34-31-52(39-58(54)62)61(46-25-20-44(21-26-46)43-18-16-42(17-19-43)40-10-4-3-5-11-40)47-27-22-45(23-28-47)50-32-35-60-56(37-50)55-14-8-9-15-59(55)63-60/h3-39,61H,1-2H3. The Morgan fingerprint density at radius 1 is 0.317 bits per heavy atom. The average molecular weight is 805 g/mol. The Kier molecular flexibility index (Phi) is 8.66. The second-order valence-electron chi connectivity index (χ2n) is 17.7. The molecule has 0 spiro atoms. The third kappa shape index (κ3) is 6.39. The summed E-state index contributed by atoms with van der Waals surface area (Å²) in [6.07, 6.45) is 0. The van der Waals surface area contributed by atoms with Crippen molar-refractivity contribution >= 4 is 32.7 Å². The van der Waals surface area contributed by atoms with E-state index in [-0.39, 0.29) is 11.3 Å². The Balaban J connectivity index is 0.921. The zero-order valence-electron chi connectivity index (χ0n) is 35.3. The first kappa shape index (κ1) is 37.1. The lowest BCUT2D eigenvalue weighted by Crippen LogP contribution is -2.16. The lowest BCUT2D eigenvalue weighted by Gasteiger charge is -2.25. The molecule has 1 aromatic heterocycles. The summed E-state index contributed by atoms with van der Waals surface area (Å²) in [6, 6.07) is 82.6. The highest BCUT2D eigenvalue weighted by molar-refractivity contribution is 6.06. The van der Waals surface area contributed by atoms with E-state index in [1.807, 2.05) is 12.1 Å². The van der Waals surface area contributed by atoms with Crippen molar-refractivity contribution < 1.29 is 4.42 Å². The molecule has 0 N–H and O–H groups in total. The van der Waals surface area contributed by atoms with Crippen LogP contribution in [0, 0.1) is 0 Å². The lowest BCUT2D eigenvalue weighted by molar-refractivity contribution is 0.659. The Bertz CT molecular complexity index is 3500. The first-order valence-electron chi connectivity index (χ1n) is 22.0. The predicted molar refractivity (Wildman–Crippen MR) is 264 cm³/mol. The van der Waals surface area contributed by atoms with E-state index < -0.39 is 0 Å². The molecule has 1 nitrogen and oxygen atoms in total. The molecule has 0 bridgehead atoms. The number of para-hydroxylation sites is 1. The minimum absolute atomic E-state index is 0.0341. The van der Waals surface area contributed by atoms with Crippen molar-refractivity contribution in [3.05, 3.63) is 252 Å². The van der Waals surface area contributed by atoms with Crippen LogP contribution in [-0.2, 0) is 5.41 Å². The van der Waals surface area contributed by atoms with Crippen molar-refractivity contribution in [1.29, 1.82) is 0 Å². The lowest BCUT2D eigenvalue weighted by atomic mass is 9.78. The Labute approximate surface area is 368 Å². The molecule has 0 saturated heterocycles. The molecule has 0 amide bonds. The maximum atomic E-state index is 6.16. The number of rotatable bonds is 7. The van der Waals surface area contributed by atoms with Gasteiger partial charge in [0.2, 0.25) is 0 Å². The summed E-state index contributed by atoms with van der Waals surface area (Å²) in [6.45, 7) is 4.79. The van der Waals surface area contributed by atoms with E-state index in [4.69, 9.17) is 4.42 Å². The molecule has 0 fully saturated rings. The minimum Gasteiger partial charge on any atom is -0.456 e. The molecule has 63 heavy (non-hydrogen) atoms. The van der Waals surface area contributed by atoms with Crippen LogP contribution in [0.4, 0.5) is 0 Å². The van der Waals surface area contributed by atoms with Crippen LogP contribution in [-0.4, -0.2) is 0 Å². The van der Waals surface area contributed by atoms with E-state index in [9.17, 15) is 0 Å². The van der Waals surface area contributed by atoms with Crippen LogP contribution in [0.3, 0.4) is 0 Å². The van der Waals surface area contributed by atoms with Gasteiger partial charge in [-0.1, -0.05) is 208 Å². The monoisotopic (exact) mass is 804 g/mol. The molecule has 10 aromatic carbocycles. The summed E-state index contributed by atoms with van der Waals surface area (Å²) >= 11 is 0. The van der Waals surface area contributed by atoms with Gasteiger partial charge in [0.25, 0.3) is 0 Å². The highest BCUT2D eigenvalue weighted by atomic mass is 16.3. The smallest absolute Gasteiger partial charge is 0.135 e. The average Bonchev–Trinajstić information content (AvgIpc) is 3.83. The van der Waals surface area contributed by atoms with Crippen LogP contribution in [0.15, 0.2) is 229 Å². The molecule has 1 heterocycles. The quantitative estimate of drug-likeness (QED) is 0.146. The first-order valence-corrected chi connectivity index (χ1v) is 22.0. The van der Waals surface area contributed by atoms with Gasteiger partial charge in [0.15, 0.2) is 0 Å². The largest absolute Gasteiger partial charge is 0.456 e. The van der Waals surface area contributed by atoms with Gasteiger partial charge in [-0.05, 0) is 125 Å². The molecule has 298 valence electrons. The van der Waals surface area contributed by atoms with Gasteiger partial charge in [-0.25, -0.2) is 0 Å². The second kappa shape index (κ2) is 14.7. The van der Waals surface area contributed by atoms with Crippen LogP contribution in [0.2, 0.25) is 0 Å². The van der Waals surface area contributed by atoms with Gasteiger partial charge in [-0.15, -0.1) is 0 Å². The number of hydrogen-bond acceptors (Lipinski definition) is 1. The van der Waals surface area contributed by atoms with Crippen LogP contribution in [0.5, 0.6) is 0 Å². The van der Waals surface area contributed by atoms with Crippen LogP contribution in [0.25, 0.3) is 88.3 Å². The van der Waals surface area contributed by atoms with Crippen molar-refractivity contribution in [2.75, 3.05) is 0 Å². The van der Waals surface area contributed by atoms with Gasteiger partial charge in [-0.3, -0.25) is 0 Å². The molecule has 1 atom stereocenters. The number of benzene rings is 10. The molecule has 0 radical (unpaired) electrons. The Morgan fingerprint density at radius 3 is 1.49 bits per heavy atom. The Hall–Kier alpha value is -7.74. The highest BCUT2D eigenvalue weighted by Gasteiger charge is 2.36. The van der Waals surface area contributed by atoms with Gasteiger partial charge in [-0.2, -0.15) is 0 Å². The normalized spacial score (nSPS) is 13.3. The van der Waals surface area contributed by atoms with Gasteiger partial charge >= 0.3 is 0 Å². The summed E-state index contributed by atoms with van der Waals surface area (Å²) in [5.41, 5.74) is 20.7. The maximum absolute atomic E-state index is 6.16. The molecule has 1 aliphatic rings. The van der Waals surface area contributed by atoms with Crippen molar-refractivity contribution in [2.24, 2.45) is 0 Å². The molecule has 0 aliphatic heterocycles. The second-order valence-corrected chi connectivity index (χ2v) is 17.7. The summed E-state index contributed by atoms with van der Waals surface area (Å²) in [7, 11) is 0. The maximum Gasteiger partial charge on any atom is 0.135 e. The summed E-state index contributed by atoms with van der Waals surface area (Å²) < 4.78 is 6.16. The van der Waals surface area contributed by atoms with Crippen LogP contribution < -0.4 is 0 Å². The zero-order valence-corrected chi connectivity index (χ0v) is 35.3. The number of furan rings is 1. The van der Waals surface area contributed by atoms with Crippen molar-refractivity contribution in [1.82, 2.24) is 0 Å². The molecular weight excluding hydrogens is 761 g/mol. The SMILES string of the molecule is CC1(C)c2cc(-c3ccc4ccccc4c3)ccc2-c2ccc(C(c3ccc(-c4ccc(-c5ccccc5)cc4)cc3)c3ccc(-c4ccc5oc6ccccc6c5c4)cc3)cc21.